The Morgan fingerprint density at radius 2 is 1.65 bits per heavy atom. The summed E-state index contributed by atoms with van der Waals surface area (Å²) in [6.45, 7) is 0.155. The van der Waals surface area contributed by atoms with Crippen LogP contribution in [0.4, 0.5) is 4.39 Å². The minimum atomic E-state index is -0.433. The summed E-state index contributed by atoms with van der Waals surface area (Å²) in [6, 6.07) is 19.9. The second-order valence-corrected chi connectivity index (χ2v) is 7.90. The number of hydrogen-bond acceptors (Lipinski definition) is 4. The molecule has 0 fully saturated rings. The number of nitrogens with zero attached hydrogens (tertiary/aromatic N) is 3. The van der Waals surface area contributed by atoms with Gasteiger partial charge in [0.1, 0.15) is 5.82 Å². The van der Waals surface area contributed by atoms with Crippen LogP contribution in [0.15, 0.2) is 79.0 Å². The van der Waals surface area contributed by atoms with Crippen LogP contribution in [0.3, 0.4) is 0 Å². The van der Waals surface area contributed by atoms with Gasteiger partial charge in [0.15, 0.2) is 0 Å². The highest BCUT2D eigenvalue weighted by Crippen LogP contribution is 2.25. The molecule has 0 atom stereocenters. The highest BCUT2D eigenvalue weighted by atomic mass is 19.1. The zero-order chi connectivity index (χ0) is 23.8. The summed E-state index contributed by atoms with van der Waals surface area (Å²) in [5.41, 5.74) is 3.67. The third-order valence-electron chi connectivity index (χ3n) is 5.72. The van der Waals surface area contributed by atoms with Gasteiger partial charge in [0.25, 0.3) is 17.7 Å². The van der Waals surface area contributed by atoms with E-state index in [0.29, 0.717) is 11.3 Å². The van der Waals surface area contributed by atoms with Crippen LogP contribution in [-0.2, 0) is 6.54 Å². The first-order chi connectivity index (χ1) is 16.4. The van der Waals surface area contributed by atoms with Crippen LogP contribution in [0, 0.1) is 5.82 Å². The van der Waals surface area contributed by atoms with Gasteiger partial charge in [0.2, 0.25) is 0 Å². The summed E-state index contributed by atoms with van der Waals surface area (Å²) < 4.78 is 15.2. The van der Waals surface area contributed by atoms with Crippen molar-refractivity contribution in [2.45, 2.75) is 6.54 Å². The molecule has 0 aliphatic carbocycles. The summed E-state index contributed by atoms with van der Waals surface area (Å²) in [5.74, 6) is -1.56. The van der Waals surface area contributed by atoms with E-state index in [1.807, 2.05) is 36.5 Å². The third-order valence-corrected chi connectivity index (χ3v) is 5.72. The van der Waals surface area contributed by atoms with Crippen molar-refractivity contribution in [2.75, 3.05) is 7.05 Å². The minimum Gasteiger partial charge on any atom is -0.348 e. The molecule has 0 bridgehead atoms. The van der Waals surface area contributed by atoms with Gasteiger partial charge in [-0.15, -0.1) is 0 Å². The van der Waals surface area contributed by atoms with Crippen molar-refractivity contribution in [3.8, 4) is 16.9 Å². The van der Waals surface area contributed by atoms with Crippen molar-refractivity contribution < 1.29 is 18.8 Å². The van der Waals surface area contributed by atoms with Crippen LogP contribution in [0.25, 0.3) is 16.9 Å². The zero-order valence-electron chi connectivity index (χ0n) is 18.2. The Labute approximate surface area is 194 Å². The van der Waals surface area contributed by atoms with Crippen molar-refractivity contribution >= 4 is 17.7 Å². The van der Waals surface area contributed by atoms with Crippen LogP contribution >= 0.6 is 0 Å². The van der Waals surface area contributed by atoms with Crippen molar-refractivity contribution in [3.63, 3.8) is 0 Å². The molecule has 1 aliphatic rings. The Bertz CT molecular complexity index is 1430. The average molecular weight is 454 g/mol. The lowest BCUT2D eigenvalue weighted by Crippen LogP contribution is -2.24. The van der Waals surface area contributed by atoms with Gasteiger partial charge in [0.05, 0.1) is 22.5 Å². The molecule has 3 aromatic carbocycles. The number of carbonyl (C=O) groups is 3. The van der Waals surface area contributed by atoms with Crippen LogP contribution in [0.5, 0.6) is 0 Å². The number of aromatic nitrogens is 2. The second kappa shape index (κ2) is 8.40. The van der Waals surface area contributed by atoms with Gasteiger partial charge in [-0.05, 0) is 54.6 Å². The summed E-state index contributed by atoms with van der Waals surface area (Å²) in [4.78, 5) is 38.2. The number of imide groups is 1. The molecule has 0 radical (unpaired) electrons. The molecule has 168 valence electrons. The predicted molar refractivity (Wildman–Crippen MR) is 123 cm³/mol. The summed E-state index contributed by atoms with van der Waals surface area (Å²) in [5, 5.41) is 7.51. The maximum atomic E-state index is 13.5. The number of hydrogen-bond donors (Lipinski definition) is 1. The number of halogens is 1. The van der Waals surface area contributed by atoms with E-state index in [1.54, 1.807) is 16.8 Å². The molecule has 5 rings (SSSR count). The lowest BCUT2D eigenvalue weighted by Gasteiger charge is -2.07. The molecular formula is C26H19FN4O3. The number of carbonyl (C=O) groups excluding carboxylic acids is 3. The molecule has 1 aliphatic heterocycles. The lowest BCUT2D eigenvalue weighted by atomic mass is 10.0. The van der Waals surface area contributed by atoms with E-state index in [9.17, 15) is 18.8 Å². The minimum absolute atomic E-state index is 0.155. The number of amides is 3. The summed E-state index contributed by atoms with van der Waals surface area (Å²) in [6.07, 6.45) is 1.81. The molecule has 1 N–H and O–H groups in total. The Morgan fingerprint density at radius 1 is 0.941 bits per heavy atom. The van der Waals surface area contributed by atoms with Gasteiger partial charge in [-0.1, -0.05) is 18.2 Å². The predicted octanol–water partition coefficient (Wildman–Crippen LogP) is 3.83. The Morgan fingerprint density at radius 3 is 2.38 bits per heavy atom. The smallest absolute Gasteiger partial charge is 0.261 e. The Kier molecular flexibility index (Phi) is 5.25. The van der Waals surface area contributed by atoms with Crippen LogP contribution < -0.4 is 5.32 Å². The molecule has 4 aromatic rings. The maximum Gasteiger partial charge on any atom is 0.261 e. The monoisotopic (exact) mass is 454 g/mol. The van der Waals surface area contributed by atoms with Gasteiger partial charge < -0.3 is 5.32 Å². The fourth-order valence-electron chi connectivity index (χ4n) is 3.88. The number of benzene rings is 3. The second-order valence-electron chi connectivity index (χ2n) is 7.90. The van der Waals surface area contributed by atoms with E-state index in [4.69, 9.17) is 0 Å². The standard InChI is InChI=1S/C26H19FN4O3/c1-30-25(33)21-12-9-17(13-22(21)26(30)34)24(32)28-14-18-15-31(20-5-3-2-4-6-20)29-23(18)16-7-10-19(27)11-8-16/h2-13,15H,14H2,1H3,(H,28,32). The SMILES string of the molecule is CN1C(=O)c2ccc(C(=O)NCc3cn(-c4ccccc4)nc3-c3ccc(F)cc3)cc2C1=O. The topological polar surface area (TPSA) is 84.3 Å². The Balaban J connectivity index is 1.42. The largest absolute Gasteiger partial charge is 0.348 e. The first-order valence-corrected chi connectivity index (χ1v) is 10.6. The molecule has 0 saturated heterocycles. The molecule has 0 saturated carbocycles. The first-order valence-electron chi connectivity index (χ1n) is 10.6. The normalized spacial score (nSPS) is 12.7. The molecule has 34 heavy (non-hydrogen) atoms. The number of nitrogens with one attached hydrogen (secondary N) is 1. The van der Waals surface area contributed by atoms with Crippen LogP contribution in [0.1, 0.15) is 36.6 Å². The molecule has 0 spiro atoms. The quantitative estimate of drug-likeness (QED) is 0.465. The van der Waals surface area contributed by atoms with Crippen LogP contribution in [-0.4, -0.2) is 39.4 Å². The molecule has 7 nitrogen and oxygen atoms in total. The number of fused-ring (bicyclic) bond motifs is 1. The fraction of sp³-hybridized carbons (Fsp3) is 0.0769. The average Bonchev–Trinajstić information content (AvgIpc) is 3.39. The molecule has 1 aromatic heterocycles. The maximum absolute atomic E-state index is 13.5. The van der Waals surface area contributed by atoms with Crippen molar-refractivity contribution in [1.29, 1.82) is 0 Å². The zero-order valence-corrected chi connectivity index (χ0v) is 18.2. The first kappa shape index (κ1) is 21.3. The van der Waals surface area contributed by atoms with Crippen molar-refractivity contribution in [3.05, 3.63) is 107 Å². The van der Waals surface area contributed by atoms with E-state index in [1.165, 1.54) is 37.4 Å². The van der Waals surface area contributed by atoms with E-state index in [2.05, 4.69) is 10.4 Å². The van der Waals surface area contributed by atoms with E-state index in [0.717, 1.165) is 16.2 Å². The summed E-state index contributed by atoms with van der Waals surface area (Å²) in [7, 11) is 1.41. The Hall–Kier alpha value is -4.59. The fourth-order valence-corrected chi connectivity index (χ4v) is 3.88. The highest BCUT2D eigenvalue weighted by molar-refractivity contribution is 6.21. The highest BCUT2D eigenvalue weighted by Gasteiger charge is 2.33. The van der Waals surface area contributed by atoms with Gasteiger partial charge in [0, 0.05) is 36.5 Å². The van der Waals surface area contributed by atoms with Gasteiger partial charge in [-0.3, -0.25) is 19.3 Å². The molecule has 0 unspecified atom stereocenters. The molecule has 8 heteroatoms. The molecular weight excluding hydrogens is 435 g/mol. The van der Waals surface area contributed by atoms with Gasteiger partial charge in [-0.25, -0.2) is 9.07 Å². The summed E-state index contributed by atoms with van der Waals surface area (Å²) >= 11 is 0. The van der Waals surface area contributed by atoms with Gasteiger partial charge in [-0.2, -0.15) is 5.10 Å². The van der Waals surface area contributed by atoms with Crippen molar-refractivity contribution in [1.82, 2.24) is 20.0 Å². The van der Waals surface area contributed by atoms with E-state index in [-0.39, 0.29) is 35.0 Å². The number of para-hydroxylation sites is 1. The van der Waals surface area contributed by atoms with Crippen molar-refractivity contribution in [2.24, 2.45) is 0 Å². The number of rotatable bonds is 5. The van der Waals surface area contributed by atoms with E-state index < -0.39 is 11.8 Å². The van der Waals surface area contributed by atoms with E-state index >= 15 is 0 Å². The lowest BCUT2D eigenvalue weighted by molar-refractivity contribution is 0.0693. The third kappa shape index (κ3) is 3.75. The van der Waals surface area contributed by atoms with Crippen LogP contribution in [0.2, 0.25) is 0 Å². The molecule has 3 amide bonds. The van der Waals surface area contributed by atoms with Gasteiger partial charge >= 0.3 is 0 Å². The molecule has 2 heterocycles.